The second-order valence-electron chi connectivity index (χ2n) is 5.03. The Kier molecular flexibility index (Phi) is 4.37. The van der Waals surface area contributed by atoms with Gasteiger partial charge < -0.3 is 5.73 Å². The van der Waals surface area contributed by atoms with Crippen molar-refractivity contribution in [3.63, 3.8) is 0 Å². The zero-order chi connectivity index (χ0) is 14.0. The summed E-state index contributed by atoms with van der Waals surface area (Å²) in [5.74, 6) is 0.932. The SMILES string of the molecule is Cc1ccc(Br)cc1C(N)Cc1ncnn1C(C)C. The molecule has 0 amide bonds. The highest BCUT2D eigenvalue weighted by molar-refractivity contribution is 9.10. The van der Waals surface area contributed by atoms with Crippen LogP contribution in [-0.4, -0.2) is 14.8 Å². The fourth-order valence-electron chi connectivity index (χ4n) is 2.17. The van der Waals surface area contributed by atoms with Crippen LogP contribution < -0.4 is 5.73 Å². The van der Waals surface area contributed by atoms with Crippen molar-refractivity contribution < 1.29 is 0 Å². The van der Waals surface area contributed by atoms with Crippen molar-refractivity contribution in [2.75, 3.05) is 0 Å². The number of aromatic nitrogens is 3. The number of hydrogen-bond donors (Lipinski definition) is 1. The van der Waals surface area contributed by atoms with E-state index in [0.29, 0.717) is 12.5 Å². The largest absolute Gasteiger partial charge is 0.324 e. The quantitative estimate of drug-likeness (QED) is 0.940. The van der Waals surface area contributed by atoms with E-state index in [4.69, 9.17) is 5.73 Å². The summed E-state index contributed by atoms with van der Waals surface area (Å²) < 4.78 is 2.97. The molecule has 1 atom stereocenters. The molecule has 0 saturated heterocycles. The average molecular weight is 323 g/mol. The Balaban J connectivity index is 2.23. The lowest BCUT2D eigenvalue weighted by Crippen LogP contribution is -2.18. The number of aryl methyl sites for hydroxylation is 1. The molecule has 0 radical (unpaired) electrons. The van der Waals surface area contributed by atoms with Gasteiger partial charge in [-0.3, -0.25) is 0 Å². The van der Waals surface area contributed by atoms with E-state index in [9.17, 15) is 0 Å². The van der Waals surface area contributed by atoms with Gasteiger partial charge in [-0.15, -0.1) is 0 Å². The molecule has 0 saturated carbocycles. The highest BCUT2D eigenvalue weighted by Gasteiger charge is 2.15. The summed E-state index contributed by atoms with van der Waals surface area (Å²) in [6.07, 6.45) is 2.28. The molecule has 0 aliphatic heterocycles. The van der Waals surface area contributed by atoms with Crippen LogP contribution in [0.4, 0.5) is 0 Å². The smallest absolute Gasteiger partial charge is 0.138 e. The lowest BCUT2D eigenvalue weighted by Gasteiger charge is -2.16. The van der Waals surface area contributed by atoms with E-state index < -0.39 is 0 Å². The summed E-state index contributed by atoms with van der Waals surface area (Å²) in [6.45, 7) is 6.26. The van der Waals surface area contributed by atoms with Gasteiger partial charge in [0.1, 0.15) is 12.2 Å². The molecule has 102 valence electrons. The van der Waals surface area contributed by atoms with Crippen LogP contribution in [-0.2, 0) is 6.42 Å². The first-order valence-corrected chi connectivity index (χ1v) is 7.18. The molecular weight excluding hydrogens is 304 g/mol. The third-order valence-corrected chi connectivity index (χ3v) is 3.67. The number of nitrogens with zero attached hydrogens (tertiary/aromatic N) is 3. The molecular formula is C14H19BrN4. The van der Waals surface area contributed by atoms with Crippen molar-refractivity contribution in [1.82, 2.24) is 14.8 Å². The van der Waals surface area contributed by atoms with Crippen molar-refractivity contribution in [3.8, 4) is 0 Å². The predicted octanol–water partition coefficient (Wildman–Crippen LogP) is 3.17. The Labute approximate surface area is 122 Å². The minimum absolute atomic E-state index is 0.0702. The fourth-order valence-corrected chi connectivity index (χ4v) is 2.55. The Morgan fingerprint density at radius 2 is 2.11 bits per heavy atom. The van der Waals surface area contributed by atoms with Gasteiger partial charge in [0.25, 0.3) is 0 Å². The molecule has 0 bridgehead atoms. The number of benzene rings is 1. The van der Waals surface area contributed by atoms with Gasteiger partial charge in [-0.1, -0.05) is 22.0 Å². The Bertz CT molecular complexity index is 562. The standard InChI is InChI=1S/C14H19BrN4/c1-9(2)19-14(17-8-18-19)7-13(16)12-6-11(15)5-4-10(12)3/h4-6,8-9,13H,7,16H2,1-3H3. The van der Waals surface area contributed by atoms with E-state index in [1.54, 1.807) is 6.33 Å². The molecule has 1 unspecified atom stereocenters. The van der Waals surface area contributed by atoms with Gasteiger partial charge in [0, 0.05) is 23.0 Å². The van der Waals surface area contributed by atoms with Gasteiger partial charge >= 0.3 is 0 Å². The number of rotatable bonds is 4. The minimum atomic E-state index is -0.0702. The molecule has 5 heteroatoms. The molecule has 1 heterocycles. The van der Waals surface area contributed by atoms with E-state index in [1.165, 1.54) is 5.56 Å². The van der Waals surface area contributed by atoms with Crippen LogP contribution in [0.25, 0.3) is 0 Å². The maximum absolute atomic E-state index is 6.32. The van der Waals surface area contributed by atoms with E-state index in [2.05, 4.69) is 58.9 Å². The van der Waals surface area contributed by atoms with Crippen LogP contribution in [0.1, 0.15) is 42.9 Å². The normalized spacial score (nSPS) is 12.9. The van der Waals surface area contributed by atoms with Crippen LogP contribution in [0.5, 0.6) is 0 Å². The molecule has 2 N–H and O–H groups in total. The van der Waals surface area contributed by atoms with Crippen LogP contribution in [0.15, 0.2) is 29.0 Å². The first-order chi connectivity index (χ1) is 8.99. The van der Waals surface area contributed by atoms with Crippen molar-refractivity contribution >= 4 is 15.9 Å². The Hall–Kier alpha value is -1.20. The molecule has 4 nitrogen and oxygen atoms in total. The monoisotopic (exact) mass is 322 g/mol. The highest BCUT2D eigenvalue weighted by atomic mass is 79.9. The summed E-state index contributed by atoms with van der Waals surface area (Å²) >= 11 is 3.49. The third kappa shape index (κ3) is 3.22. The van der Waals surface area contributed by atoms with Gasteiger partial charge in [-0.25, -0.2) is 9.67 Å². The summed E-state index contributed by atoms with van der Waals surface area (Å²) in [7, 11) is 0. The van der Waals surface area contributed by atoms with Crippen molar-refractivity contribution in [2.45, 2.75) is 39.3 Å². The molecule has 0 aliphatic carbocycles. The second-order valence-corrected chi connectivity index (χ2v) is 5.94. The van der Waals surface area contributed by atoms with E-state index >= 15 is 0 Å². The fraction of sp³-hybridized carbons (Fsp3) is 0.429. The van der Waals surface area contributed by atoms with E-state index in [0.717, 1.165) is 15.9 Å². The zero-order valence-corrected chi connectivity index (χ0v) is 13.1. The molecule has 0 fully saturated rings. The minimum Gasteiger partial charge on any atom is -0.324 e. The summed E-state index contributed by atoms with van der Waals surface area (Å²) in [5, 5.41) is 4.24. The number of halogens is 1. The third-order valence-electron chi connectivity index (χ3n) is 3.18. The molecule has 0 spiro atoms. The maximum atomic E-state index is 6.32. The highest BCUT2D eigenvalue weighted by Crippen LogP contribution is 2.23. The predicted molar refractivity (Wildman–Crippen MR) is 79.9 cm³/mol. The van der Waals surface area contributed by atoms with Gasteiger partial charge in [-0.2, -0.15) is 5.10 Å². The van der Waals surface area contributed by atoms with Crippen molar-refractivity contribution in [3.05, 3.63) is 46.0 Å². The first kappa shape index (κ1) is 14.2. The molecule has 2 aromatic rings. The second kappa shape index (κ2) is 5.84. The molecule has 1 aromatic carbocycles. The number of nitrogens with two attached hydrogens (primary N) is 1. The molecule has 19 heavy (non-hydrogen) atoms. The van der Waals surface area contributed by atoms with Crippen LogP contribution in [0.3, 0.4) is 0 Å². The van der Waals surface area contributed by atoms with Crippen molar-refractivity contribution in [1.29, 1.82) is 0 Å². The summed E-state index contributed by atoms with van der Waals surface area (Å²) in [4.78, 5) is 4.32. The lowest BCUT2D eigenvalue weighted by atomic mass is 9.99. The van der Waals surface area contributed by atoms with E-state index in [-0.39, 0.29) is 6.04 Å². The van der Waals surface area contributed by atoms with E-state index in [1.807, 2.05) is 10.7 Å². The van der Waals surface area contributed by atoms with Crippen LogP contribution in [0, 0.1) is 6.92 Å². The summed E-state index contributed by atoms with van der Waals surface area (Å²) in [5.41, 5.74) is 8.67. The van der Waals surface area contributed by atoms with Crippen LogP contribution >= 0.6 is 15.9 Å². The van der Waals surface area contributed by atoms with Gasteiger partial charge in [0.05, 0.1) is 0 Å². The molecule has 2 rings (SSSR count). The molecule has 1 aromatic heterocycles. The zero-order valence-electron chi connectivity index (χ0n) is 11.5. The topological polar surface area (TPSA) is 56.7 Å². The maximum Gasteiger partial charge on any atom is 0.138 e. The average Bonchev–Trinajstić information content (AvgIpc) is 2.80. The Morgan fingerprint density at radius 1 is 1.37 bits per heavy atom. The summed E-state index contributed by atoms with van der Waals surface area (Å²) in [6, 6.07) is 6.41. The molecule has 0 aliphatic rings. The first-order valence-electron chi connectivity index (χ1n) is 6.39. The lowest BCUT2D eigenvalue weighted by molar-refractivity contribution is 0.493. The van der Waals surface area contributed by atoms with Crippen molar-refractivity contribution in [2.24, 2.45) is 5.73 Å². The number of hydrogen-bond acceptors (Lipinski definition) is 3. The van der Waals surface area contributed by atoms with Crippen LogP contribution in [0.2, 0.25) is 0 Å². The van der Waals surface area contributed by atoms with Gasteiger partial charge in [-0.05, 0) is 44.0 Å². The Morgan fingerprint density at radius 3 is 2.79 bits per heavy atom. The van der Waals surface area contributed by atoms with Gasteiger partial charge in [0.15, 0.2) is 0 Å². The van der Waals surface area contributed by atoms with Gasteiger partial charge in [0.2, 0.25) is 0 Å².